The van der Waals surface area contributed by atoms with Gasteiger partial charge in [0.05, 0.1) is 5.60 Å². The van der Waals surface area contributed by atoms with Crippen LogP contribution >= 0.6 is 11.8 Å². The second-order valence-electron chi connectivity index (χ2n) is 11.6. The van der Waals surface area contributed by atoms with Crippen LogP contribution in [0.3, 0.4) is 0 Å². The van der Waals surface area contributed by atoms with Gasteiger partial charge in [-0.25, -0.2) is 9.38 Å². The third kappa shape index (κ3) is 6.59. The van der Waals surface area contributed by atoms with Crippen molar-refractivity contribution < 1.29 is 18.3 Å². The lowest BCUT2D eigenvalue weighted by atomic mass is 9.67. The molecule has 5 rings (SSSR count). The third-order valence-electron chi connectivity index (χ3n) is 8.52. The van der Waals surface area contributed by atoms with E-state index < -0.39 is 11.5 Å². The largest absolute Gasteiger partial charge is 0.390 e. The Bertz CT molecular complexity index is 1080. The molecule has 4 aliphatic rings. The van der Waals surface area contributed by atoms with Crippen molar-refractivity contribution >= 4 is 18.0 Å². The van der Waals surface area contributed by atoms with Crippen molar-refractivity contribution in [2.45, 2.75) is 88.3 Å². The molecule has 0 aromatic heterocycles. The van der Waals surface area contributed by atoms with Gasteiger partial charge in [0.15, 0.2) is 11.6 Å². The molecule has 3 fully saturated rings. The zero-order valence-corrected chi connectivity index (χ0v) is 22.9. The van der Waals surface area contributed by atoms with Crippen molar-refractivity contribution in [3.8, 4) is 0 Å². The first-order valence-corrected chi connectivity index (χ1v) is 15.2. The number of nitrogens with zero attached hydrogens (tertiary/aromatic N) is 2. The Balaban J connectivity index is 1.26. The number of benzene rings is 1. The van der Waals surface area contributed by atoms with Gasteiger partial charge in [-0.05, 0) is 105 Å². The van der Waals surface area contributed by atoms with E-state index in [0.29, 0.717) is 36.7 Å². The summed E-state index contributed by atoms with van der Waals surface area (Å²) in [6, 6.07) is 6.45. The quantitative estimate of drug-likeness (QED) is 0.304. The molecule has 1 saturated heterocycles. The molecule has 38 heavy (non-hydrogen) atoms. The molecule has 7 heteroatoms. The van der Waals surface area contributed by atoms with E-state index in [2.05, 4.69) is 11.6 Å². The molecule has 3 nitrogen and oxygen atoms in total. The van der Waals surface area contributed by atoms with Gasteiger partial charge in [-0.3, -0.25) is 0 Å². The Hall–Kier alpha value is -1.99. The van der Waals surface area contributed by atoms with Gasteiger partial charge in [0.25, 0.3) is 5.92 Å². The molecular weight excluding hydrogens is 505 g/mol. The lowest BCUT2D eigenvalue weighted by molar-refractivity contribution is -0.0145. The fourth-order valence-corrected chi connectivity index (χ4v) is 7.32. The molecule has 0 bridgehead atoms. The summed E-state index contributed by atoms with van der Waals surface area (Å²) in [6.07, 6.45) is 13.4. The predicted molar refractivity (Wildman–Crippen MR) is 150 cm³/mol. The van der Waals surface area contributed by atoms with Gasteiger partial charge in [-0.2, -0.15) is 20.5 Å². The first-order valence-electron chi connectivity index (χ1n) is 14.1. The molecule has 1 aromatic carbocycles. The molecule has 2 heterocycles. The first-order chi connectivity index (χ1) is 18.3. The zero-order chi connectivity index (χ0) is 26.8. The summed E-state index contributed by atoms with van der Waals surface area (Å²) in [6.45, 7) is 3.66. The molecule has 1 aromatic rings. The number of aliphatic hydroxyl groups is 1. The van der Waals surface area contributed by atoms with Crippen molar-refractivity contribution in [1.82, 2.24) is 4.90 Å². The predicted octanol–water partition coefficient (Wildman–Crippen LogP) is 7.92. The van der Waals surface area contributed by atoms with E-state index in [9.17, 15) is 13.9 Å². The first kappa shape index (κ1) is 27.6. The van der Waals surface area contributed by atoms with Crippen LogP contribution in [0.5, 0.6) is 0 Å². The maximum absolute atomic E-state index is 16.1. The molecule has 206 valence electrons. The van der Waals surface area contributed by atoms with Gasteiger partial charge in [0.2, 0.25) is 0 Å². The molecule has 0 spiro atoms. The van der Waals surface area contributed by atoms with E-state index in [1.165, 1.54) is 12.1 Å². The highest BCUT2D eigenvalue weighted by Crippen LogP contribution is 2.46. The Morgan fingerprint density at radius 3 is 2.47 bits per heavy atom. The van der Waals surface area contributed by atoms with Crippen molar-refractivity contribution in [3.05, 3.63) is 71.3 Å². The van der Waals surface area contributed by atoms with Crippen LogP contribution in [0.2, 0.25) is 0 Å². The maximum Gasteiger partial charge on any atom is 0.291 e. The minimum Gasteiger partial charge on any atom is -0.390 e. The van der Waals surface area contributed by atoms with Crippen molar-refractivity contribution in [1.29, 1.82) is 0 Å². The lowest BCUT2D eigenvalue weighted by Gasteiger charge is -2.42. The molecule has 0 atom stereocenters. The number of alkyl halides is 2. The fourth-order valence-electron chi connectivity index (χ4n) is 6.07. The summed E-state index contributed by atoms with van der Waals surface area (Å²) in [5.41, 5.74) is 1.00. The second-order valence-corrected chi connectivity index (χ2v) is 12.8. The normalized spacial score (nSPS) is 25.7. The summed E-state index contributed by atoms with van der Waals surface area (Å²) in [7, 11) is 0. The van der Waals surface area contributed by atoms with E-state index in [1.807, 2.05) is 22.7 Å². The van der Waals surface area contributed by atoms with Crippen LogP contribution in [0.1, 0.15) is 75.3 Å². The molecule has 1 N–H and O–H groups in total. The topological polar surface area (TPSA) is 35.8 Å². The number of aliphatic imine (C=N–C) groups is 1. The Kier molecular flexibility index (Phi) is 8.44. The average Bonchev–Trinajstić information content (AvgIpc) is 3.72. The van der Waals surface area contributed by atoms with E-state index >= 15 is 4.39 Å². The van der Waals surface area contributed by atoms with Gasteiger partial charge in [-0.15, -0.1) is 0 Å². The van der Waals surface area contributed by atoms with Crippen LogP contribution in [0.4, 0.5) is 13.2 Å². The minimum atomic E-state index is -3.07. The molecule has 2 aliphatic carbocycles. The maximum atomic E-state index is 16.1. The van der Waals surface area contributed by atoms with Gasteiger partial charge in [0.1, 0.15) is 0 Å². The fraction of sp³-hybridized carbons (Fsp3) is 0.581. The zero-order valence-electron chi connectivity index (χ0n) is 22.1. The minimum absolute atomic E-state index is 0.0953. The van der Waals surface area contributed by atoms with Crippen LogP contribution in [-0.4, -0.2) is 39.4 Å². The number of rotatable bonds is 10. The smallest absolute Gasteiger partial charge is 0.291 e. The summed E-state index contributed by atoms with van der Waals surface area (Å²) in [5.74, 6) is 0.130. The second kappa shape index (κ2) is 11.6. The van der Waals surface area contributed by atoms with E-state index in [1.54, 1.807) is 18.3 Å². The summed E-state index contributed by atoms with van der Waals surface area (Å²) >= 11 is 1.93. The highest BCUT2D eigenvalue weighted by Gasteiger charge is 2.39. The van der Waals surface area contributed by atoms with Crippen LogP contribution in [0, 0.1) is 11.8 Å². The van der Waals surface area contributed by atoms with Crippen molar-refractivity contribution in [2.24, 2.45) is 16.8 Å². The summed E-state index contributed by atoms with van der Waals surface area (Å²) < 4.78 is 44.0. The highest BCUT2D eigenvalue weighted by molar-refractivity contribution is 7.99. The summed E-state index contributed by atoms with van der Waals surface area (Å²) in [4.78, 5) is 6.61. The molecular formula is C31H39F3N2OS. The Morgan fingerprint density at radius 2 is 1.82 bits per heavy atom. The number of thioether (sulfide) groups is 1. The number of hydrogen-bond acceptors (Lipinski definition) is 4. The molecule has 2 aliphatic heterocycles. The third-order valence-corrected chi connectivity index (χ3v) is 9.51. The lowest BCUT2D eigenvalue weighted by Crippen LogP contribution is -2.39. The Morgan fingerprint density at radius 1 is 1.11 bits per heavy atom. The van der Waals surface area contributed by atoms with E-state index in [-0.39, 0.29) is 17.4 Å². The molecule has 0 amide bonds. The van der Waals surface area contributed by atoms with Crippen LogP contribution in [0.15, 0.2) is 65.2 Å². The number of hydrogen-bond donors (Lipinski definition) is 1. The van der Waals surface area contributed by atoms with Crippen LogP contribution < -0.4 is 0 Å². The molecule has 0 radical (unpaired) electrons. The standard InChI is InChI=1S/C31H39F3N2OS/c1-2-31(33,34)26-8-6-22(7-9-26)21-36(27-10-11-27)29-28(32)25(5-3-4-14-35-29)19-23-17-24(18-23)20-30(37)12-15-38-16-13-30/h2,5-9,14,23-24,27,37H,1,3-4,10-13,15-21H2. The number of halogens is 3. The average molecular weight is 545 g/mol. The summed E-state index contributed by atoms with van der Waals surface area (Å²) in [5, 5.41) is 10.9. The van der Waals surface area contributed by atoms with Crippen molar-refractivity contribution in [2.75, 3.05) is 11.5 Å². The van der Waals surface area contributed by atoms with Gasteiger partial charge in [-0.1, -0.05) is 36.9 Å². The van der Waals surface area contributed by atoms with Gasteiger partial charge >= 0.3 is 0 Å². The van der Waals surface area contributed by atoms with Crippen LogP contribution in [-0.2, 0) is 12.5 Å². The Labute approximate surface area is 229 Å². The molecule has 0 unspecified atom stereocenters. The number of allylic oxidation sites excluding steroid dienone is 4. The van der Waals surface area contributed by atoms with E-state index in [0.717, 1.165) is 80.4 Å². The monoisotopic (exact) mass is 544 g/mol. The van der Waals surface area contributed by atoms with Crippen molar-refractivity contribution in [3.63, 3.8) is 0 Å². The van der Waals surface area contributed by atoms with Gasteiger partial charge in [0, 0.05) is 24.4 Å². The van der Waals surface area contributed by atoms with Crippen LogP contribution in [0.25, 0.3) is 0 Å². The molecule has 2 saturated carbocycles. The van der Waals surface area contributed by atoms with E-state index in [4.69, 9.17) is 0 Å². The SMILES string of the molecule is C=CC(F)(F)c1ccc(CN(C2=C(F)C(CC3CC(CC4(O)CCSCC4)C3)=CCCC=N2)C2CC2)cc1. The van der Waals surface area contributed by atoms with Gasteiger partial charge < -0.3 is 10.0 Å². The highest BCUT2D eigenvalue weighted by atomic mass is 32.2.